The van der Waals surface area contributed by atoms with Gasteiger partial charge in [-0.15, -0.1) is 0 Å². The van der Waals surface area contributed by atoms with Crippen molar-refractivity contribution >= 4 is 11.9 Å². The first-order chi connectivity index (χ1) is 9.15. The second kappa shape index (κ2) is 5.64. The fourth-order valence-corrected chi connectivity index (χ4v) is 1.67. The average molecular weight is 261 g/mol. The van der Waals surface area contributed by atoms with Gasteiger partial charge < -0.3 is 14.8 Å². The monoisotopic (exact) mass is 261 g/mol. The molecule has 0 saturated heterocycles. The Hall–Kier alpha value is -2.18. The zero-order valence-corrected chi connectivity index (χ0v) is 11.8. The lowest BCUT2D eigenvalue weighted by molar-refractivity contribution is 0.762. The molecule has 0 radical (unpaired) electrons. The van der Waals surface area contributed by atoms with Crippen LogP contribution in [0.5, 0.6) is 0 Å². The van der Waals surface area contributed by atoms with E-state index in [0.717, 1.165) is 18.9 Å². The quantitative estimate of drug-likeness (QED) is 0.873. The van der Waals surface area contributed by atoms with Crippen molar-refractivity contribution in [1.82, 2.24) is 24.5 Å². The van der Waals surface area contributed by atoms with Crippen LogP contribution in [-0.2, 0) is 6.54 Å². The zero-order valence-electron chi connectivity index (χ0n) is 11.8. The maximum atomic E-state index is 4.45. The second-order valence-electron chi connectivity index (χ2n) is 4.24. The van der Waals surface area contributed by atoms with Crippen LogP contribution in [0.15, 0.2) is 12.4 Å². The molecule has 2 aromatic rings. The number of aromatic nitrogens is 5. The Kier molecular flexibility index (Phi) is 3.94. The van der Waals surface area contributed by atoms with Crippen molar-refractivity contribution in [3.05, 3.63) is 12.4 Å². The molecule has 0 atom stereocenters. The first kappa shape index (κ1) is 13.3. The van der Waals surface area contributed by atoms with Gasteiger partial charge in [-0.05, 0) is 13.8 Å². The van der Waals surface area contributed by atoms with Gasteiger partial charge in [-0.2, -0.15) is 15.0 Å². The van der Waals surface area contributed by atoms with Crippen molar-refractivity contribution in [2.45, 2.75) is 20.4 Å². The van der Waals surface area contributed by atoms with Gasteiger partial charge in [0.2, 0.25) is 17.7 Å². The third-order valence-corrected chi connectivity index (χ3v) is 2.61. The molecule has 0 spiro atoms. The molecule has 19 heavy (non-hydrogen) atoms. The molecule has 0 fully saturated rings. The molecule has 0 aromatic carbocycles. The van der Waals surface area contributed by atoms with Gasteiger partial charge in [0.15, 0.2) is 5.82 Å². The number of imidazole rings is 1. The van der Waals surface area contributed by atoms with Gasteiger partial charge in [0.1, 0.15) is 0 Å². The topological polar surface area (TPSA) is 71.8 Å². The summed E-state index contributed by atoms with van der Waals surface area (Å²) in [5.41, 5.74) is 0. The molecule has 1 N–H and O–H groups in total. The maximum Gasteiger partial charge on any atom is 0.230 e. The fourth-order valence-electron chi connectivity index (χ4n) is 1.67. The van der Waals surface area contributed by atoms with Gasteiger partial charge in [-0.1, -0.05) is 0 Å². The minimum atomic E-state index is 0.571. The molecule has 2 heterocycles. The van der Waals surface area contributed by atoms with Crippen LogP contribution in [0.1, 0.15) is 13.8 Å². The number of aryl methyl sites for hydroxylation is 1. The van der Waals surface area contributed by atoms with Crippen molar-refractivity contribution in [3.8, 4) is 11.6 Å². The van der Waals surface area contributed by atoms with Gasteiger partial charge in [-0.3, -0.25) is 0 Å². The molecular weight excluding hydrogens is 242 g/mol. The van der Waals surface area contributed by atoms with Crippen LogP contribution in [0, 0.1) is 0 Å². The molecule has 7 heteroatoms. The molecule has 0 bridgehead atoms. The highest BCUT2D eigenvalue weighted by molar-refractivity contribution is 5.50. The number of hydrogen-bond donors (Lipinski definition) is 1. The van der Waals surface area contributed by atoms with E-state index < -0.39 is 0 Å². The van der Waals surface area contributed by atoms with Crippen LogP contribution >= 0.6 is 0 Å². The number of nitrogens with zero attached hydrogens (tertiary/aromatic N) is 6. The molecule has 2 aromatic heterocycles. The number of anilines is 2. The van der Waals surface area contributed by atoms with Crippen molar-refractivity contribution < 1.29 is 0 Å². The molecule has 102 valence electrons. The Balaban J connectivity index is 2.49. The standard InChI is InChI=1S/C12H19N7/c1-5-13-11-15-9(16-12(17-11)18(3)4)10-14-7-8-19(10)6-2/h7-8H,5-6H2,1-4H3,(H,13,15,16,17). The molecule has 7 nitrogen and oxygen atoms in total. The minimum Gasteiger partial charge on any atom is -0.354 e. The summed E-state index contributed by atoms with van der Waals surface area (Å²) in [5.74, 6) is 2.53. The van der Waals surface area contributed by atoms with Crippen molar-refractivity contribution in [1.29, 1.82) is 0 Å². The van der Waals surface area contributed by atoms with Gasteiger partial charge in [0, 0.05) is 39.6 Å². The molecule has 0 aliphatic heterocycles. The maximum absolute atomic E-state index is 4.45. The summed E-state index contributed by atoms with van der Waals surface area (Å²) in [6, 6.07) is 0. The van der Waals surface area contributed by atoms with E-state index in [0.29, 0.717) is 17.7 Å². The van der Waals surface area contributed by atoms with Crippen LogP contribution in [0.25, 0.3) is 11.6 Å². The second-order valence-corrected chi connectivity index (χ2v) is 4.24. The molecule has 0 aliphatic carbocycles. The van der Waals surface area contributed by atoms with Crippen molar-refractivity contribution in [3.63, 3.8) is 0 Å². The molecule has 0 unspecified atom stereocenters. The summed E-state index contributed by atoms with van der Waals surface area (Å²) in [4.78, 5) is 19.4. The smallest absolute Gasteiger partial charge is 0.230 e. The van der Waals surface area contributed by atoms with Crippen molar-refractivity contribution in [2.75, 3.05) is 30.9 Å². The summed E-state index contributed by atoms with van der Waals surface area (Å²) >= 11 is 0. The van der Waals surface area contributed by atoms with Crippen LogP contribution in [-0.4, -0.2) is 45.1 Å². The summed E-state index contributed by atoms with van der Waals surface area (Å²) in [6.45, 7) is 5.66. The Morgan fingerprint density at radius 3 is 2.63 bits per heavy atom. The van der Waals surface area contributed by atoms with E-state index in [2.05, 4.69) is 32.2 Å². The van der Waals surface area contributed by atoms with Crippen LogP contribution in [0.2, 0.25) is 0 Å². The highest BCUT2D eigenvalue weighted by atomic mass is 15.3. The lowest BCUT2D eigenvalue weighted by atomic mass is 10.5. The minimum absolute atomic E-state index is 0.571. The summed E-state index contributed by atoms with van der Waals surface area (Å²) in [6.07, 6.45) is 3.67. The fraction of sp³-hybridized carbons (Fsp3) is 0.500. The van der Waals surface area contributed by atoms with Crippen LogP contribution in [0.4, 0.5) is 11.9 Å². The molecule has 0 saturated carbocycles. The average Bonchev–Trinajstić information content (AvgIpc) is 2.87. The largest absolute Gasteiger partial charge is 0.354 e. The van der Waals surface area contributed by atoms with Crippen LogP contribution < -0.4 is 10.2 Å². The van der Waals surface area contributed by atoms with E-state index in [1.807, 2.05) is 36.7 Å². The number of rotatable bonds is 5. The Bertz CT molecular complexity index is 547. The van der Waals surface area contributed by atoms with Crippen molar-refractivity contribution in [2.24, 2.45) is 0 Å². The highest BCUT2D eigenvalue weighted by Crippen LogP contribution is 2.17. The lowest BCUT2D eigenvalue weighted by Crippen LogP contribution is -2.16. The third-order valence-electron chi connectivity index (χ3n) is 2.61. The SMILES string of the molecule is CCNc1nc(-c2nccn2CC)nc(N(C)C)n1. The van der Waals surface area contributed by atoms with E-state index in [-0.39, 0.29) is 0 Å². The summed E-state index contributed by atoms with van der Waals surface area (Å²) in [5, 5.41) is 3.12. The van der Waals surface area contributed by atoms with Gasteiger partial charge >= 0.3 is 0 Å². The normalized spacial score (nSPS) is 10.5. The Labute approximate surface area is 112 Å². The lowest BCUT2D eigenvalue weighted by Gasteiger charge is -2.13. The Morgan fingerprint density at radius 2 is 2.00 bits per heavy atom. The first-order valence-electron chi connectivity index (χ1n) is 6.34. The molecular formula is C12H19N7. The highest BCUT2D eigenvalue weighted by Gasteiger charge is 2.13. The van der Waals surface area contributed by atoms with E-state index >= 15 is 0 Å². The molecule has 0 aliphatic rings. The van der Waals surface area contributed by atoms with Gasteiger partial charge in [0.25, 0.3) is 0 Å². The Morgan fingerprint density at radius 1 is 1.21 bits per heavy atom. The third kappa shape index (κ3) is 2.81. The van der Waals surface area contributed by atoms with E-state index in [1.165, 1.54) is 0 Å². The summed E-state index contributed by atoms with van der Waals surface area (Å²) < 4.78 is 2.00. The molecule has 0 amide bonds. The van der Waals surface area contributed by atoms with Crippen LogP contribution in [0.3, 0.4) is 0 Å². The number of hydrogen-bond acceptors (Lipinski definition) is 6. The summed E-state index contributed by atoms with van der Waals surface area (Å²) in [7, 11) is 3.81. The van der Waals surface area contributed by atoms with Gasteiger partial charge in [-0.25, -0.2) is 4.98 Å². The predicted octanol–water partition coefficient (Wildman–Crippen LogP) is 1.25. The van der Waals surface area contributed by atoms with E-state index in [9.17, 15) is 0 Å². The zero-order chi connectivity index (χ0) is 13.8. The number of nitrogens with one attached hydrogen (secondary N) is 1. The van der Waals surface area contributed by atoms with Gasteiger partial charge in [0.05, 0.1) is 0 Å². The van der Waals surface area contributed by atoms with E-state index in [1.54, 1.807) is 6.20 Å². The predicted molar refractivity (Wildman–Crippen MR) is 75.2 cm³/mol. The first-order valence-corrected chi connectivity index (χ1v) is 6.34. The molecule has 2 rings (SSSR count). The van der Waals surface area contributed by atoms with E-state index in [4.69, 9.17) is 0 Å².